The summed E-state index contributed by atoms with van der Waals surface area (Å²) in [6, 6.07) is 39.4. The van der Waals surface area contributed by atoms with Gasteiger partial charge in [0.25, 0.3) is 5.97 Å². The Hall–Kier alpha value is -6.70. The molecule has 0 amide bonds. The van der Waals surface area contributed by atoms with E-state index in [1.165, 1.54) is 66.4 Å². The summed E-state index contributed by atoms with van der Waals surface area (Å²) in [5.74, 6) is -3.44. The second kappa shape index (κ2) is 77.9. The summed E-state index contributed by atoms with van der Waals surface area (Å²) in [5, 5.41) is 41.0. The van der Waals surface area contributed by atoms with E-state index < -0.39 is 47.8 Å². The Bertz CT molecular complexity index is 3380. The predicted molar refractivity (Wildman–Crippen MR) is 406 cm³/mol. The Kier molecular flexibility index (Phi) is 86.5. The maximum absolute atomic E-state index is 11.5. The van der Waals surface area contributed by atoms with Gasteiger partial charge in [0.1, 0.15) is 17.2 Å². The van der Waals surface area contributed by atoms with E-state index in [1.54, 1.807) is 163 Å². The van der Waals surface area contributed by atoms with Crippen molar-refractivity contribution < 1.29 is 190 Å². The minimum absolute atomic E-state index is 0. The van der Waals surface area contributed by atoms with E-state index in [1.807, 2.05) is 0 Å². The van der Waals surface area contributed by atoms with Crippen LogP contribution in [0.2, 0.25) is 0 Å². The number of halogens is 6. The van der Waals surface area contributed by atoms with Crippen LogP contribution < -0.4 is 83.5 Å². The van der Waals surface area contributed by atoms with Crippen LogP contribution >= 0.6 is 88.4 Å². The third kappa shape index (κ3) is 67.9. The molecule has 0 spiro atoms. The SMILES string of the molecule is BrBr.BrBr.CC(=O)O.CC(=O)[O-].CC(=O)[O-].CCO.CCO.COC(=O)c1ccc(C(=O)CBr)cc1.COC(=O)c1ccc(C(=O)COC(C)=O)cc1.COC(=O)c1ccc(C(C)=O)cc1.COc1ccc(C(=O)CBr)cc1.COc1ccc(C(=O)COC(C)=O)cc1.COc1ccc(C(C)=O)cc1.[Na+].[Na+]. The number of carbonyl (C=O) groups is 14. The number of aliphatic hydroxyl groups is 2. The van der Waals surface area contributed by atoms with Crippen molar-refractivity contribution in [3.05, 3.63) is 196 Å². The van der Waals surface area contributed by atoms with Gasteiger partial charge in [-0.05, 0) is 151 Å². The van der Waals surface area contributed by atoms with E-state index >= 15 is 0 Å². The molecule has 0 fully saturated rings. The minimum Gasteiger partial charge on any atom is -0.550 e. The molecule has 3 N–H and O–H groups in total. The molecule has 35 heteroatoms. The number of ketones is 6. The molecule has 106 heavy (non-hydrogen) atoms. The van der Waals surface area contributed by atoms with Crippen molar-refractivity contribution in [1.29, 1.82) is 0 Å². The molecule has 0 heterocycles. The molecule has 0 aromatic heterocycles. The number of esters is 5. The number of Topliss-reactive ketones (excluding diaryl/α,β-unsaturated/α-hetero) is 6. The molecule has 0 bridgehead atoms. The smallest absolute Gasteiger partial charge is 0.550 e. The molecule has 0 aliphatic heterocycles. The van der Waals surface area contributed by atoms with Crippen molar-refractivity contribution >= 4 is 171 Å². The summed E-state index contributed by atoms with van der Waals surface area (Å²) in [4.78, 5) is 148. The van der Waals surface area contributed by atoms with Gasteiger partial charge < -0.3 is 73.0 Å². The van der Waals surface area contributed by atoms with Crippen LogP contribution in [0.5, 0.6) is 17.2 Å². The first kappa shape index (κ1) is 118. The fraction of sp³-hybridized carbons (Fsp3) is 0.296. The van der Waals surface area contributed by atoms with Gasteiger partial charge >= 0.3 is 89.0 Å². The van der Waals surface area contributed by atoms with Crippen LogP contribution in [0.15, 0.2) is 146 Å². The molecule has 27 nitrogen and oxygen atoms in total. The Morgan fingerprint density at radius 2 is 0.481 bits per heavy atom. The van der Waals surface area contributed by atoms with Gasteiger partial charge in [-0.25, -0.2) is 14.4 Å². The summed E-state index contributed by atoms with van der Waals surface area (Å²) in [7, 11) is 8.67. The monoisotopic (exact) mass is 1890 g/mol. The molecule has 0 aliphatic carbocycles. The number of hydrogen-bond acceptors (Lipinski definition) is 26. The van der Waals surface area contributed by atoms with Crippen molar-refractivity contribution in [3.8, 4) is 17.2 Å². The van der Waals surface area contributed by atoms with E-state index in [2.05, 4.69) is 112 Å². The molecule has 6 aromatic carbocycles. The molecular weight excluding hydrogens is 1810 g/mol. The fourth-order valence-electron chi connectivity index (χ4n) is 5.81. The number of carboxylic acids is 3. The minimum atomic E-state index is -1.08. The van der Waals surface area contributed by atoms with Gasteiger partial charge in [-0.15, -0.1) is 0 Å². The first-order valence-corrected chi connectivity index (χ1v) is 38.8. The van der Waals surface area contributed by atoms with Gasteiger partial charge in [0, 0.05) is 136 Å². The van der Waals surface area contributed by atoms with Gasteiger partial charge in [-0.1, -0.05) is 68.3 Å². The summed E-state index contributed by atoms with van der Waals surface area (Å²) in [6.45, 7) is 11.9. The number of alkyl halides is 2. The van der Waals surface area contributed by atoms with E-state index in [4.69, 9.17) is 54.1 Å². The van der Waals surface area contributed by atoms with E-state index in [9.17, 15) is 52.7 Å². The molecule has 6 aromatic rings. The van der Waals surface area contributed by atoms with E-state index in [0.717, 1.165) is 32.3 Å². The standard InChI is InChI=1S/C12H12O5.C11H12O4.C10H9BrO3.C10H10O3.C9H9BrO2.C9H10O2.3C2H4O2.2C2H6O.2Br2.2Na/c1-8(13)17-7-11(14)9-3-5-10(6-4-9)12(15)16-2;1-8(12)15-7-11(13)9-3-5-10(14-2)6-4-9;1-14-10(13)8-4-2-7(3-5-8)9(12)6-11;1-7(11)8-3-5-9(6-4-8)10(12)13-2;1-12-8-4-2-7(3-5-8)9(11)6-10;1-7(10)8-3-5-9(11-2)6-4-8;3*1-2(3)4;2*1-2-3;2*1-2;;/h3-6H,7H2,1-2H3;3-6H,7H2,1-2H3;2-5H,6H2,1H3;3-6H,1-2H3;2-5H,6H2,1H3;3-6H,1-2H3;3*1H3,(H,3,4);2*3H,2H2,1H3;;;;/q;;;;;;;;;;;;;2*+1/p-2. The van der Waals surface area contributed by atoms with Crippen LogP contribution in [0.3, 0.4) is 0 Å². The normalized spacial score (nSPS) is 8.48. The van der Waals surface area contributed by atoms with Crippen LogP contribution in [-0.2, 0) is 47.7 Å². The number of ether oxygens (including phenoxy) is 8. The van der Waals surface area contributed by atoms with E-state index in [-0.39, 0.29) is 126 Å². The van der Waals surface area contributed by atoms with Crippen molar-refractivity contribution in [2.75, 3.05) is 79.7 Å². The van der Waals surface area contributed by atoms with Crippen LogP contribution in [0.25, 0.3) is 0 Å². The van der Waals surface area contributed by atoms with Crippen LogP contribution in [-0.4, -0.2) is 178 Å². The predicted octanol–water partition coefficient (Wildman–Crippen LogP) is 5.55. The van der Waals surface area contributed by atoms with Crippen LogP contribution in [0.1, 0.15) is 156 Å². The average molecular weight is 1890 g/mol. The summed E-state index contributed by atoms with van der Waals surface area (Å²) in [5.41, 5.74) is 4.71. The number of aliphatic carboxylic acids is 3. The number of hydrogen-bond donors (Lipinski definition) is 3. The van der Waals surface area contributed by atoms with Gasteiger partial charge in [-0.3, -0.25) is 43.2 Å². The summed E-state index contributed by atoms with van der Waals surface area (Å²) < 4.78 is 37.6. The molecule has 0 unspecified atom stereocenters. The second-order valence-corrected chi connectivity index (χ2v) is 19.3. The maximum Gasteiger partial charge on any atom is 1.00 e. The topological polar surface area (TPSA) is 420 Å². The molecular formula is C71H84Br6Na2O27. The zero-order valence-corrected chi connectivity index (χ0v) is 75.0. The number of benzene rings is 6. The maximum atomic E-state index is 11.5. The van der Waals surface area contributed by atoms with Crippen molar-refractivity contribution in [2.24, 2.45) is 0 Å². The zero-order chi connectivity index (χ0) is 81.9. The Labute approximate surface area is 708 Å². The van der Waals surface area contributed by atoms with Crippen LogP contribution in [0, 0.1) is 0 Å². The number of carbonyl (C=O) groups excluding carboxylic acids is 13. The molecule has 0 radical (unpaired) electrons. The molecule has 574 valence electrons. The van der Waals surface area contributed by atoms with Gasteiger partial charge in [0.15, 0.2) is 47.9 Å². The third-order valence-electron chi connectivity index (χ3n) is 10.3. The Morgan fingerprint density at radius 1 is 0.330 bits per heavy atom. The Balaban J connectivity index is -0.000000144. The number of rotatable bonds is 18. The number of methoxy groups -OCH3 is 6. The first-order chi connectivity index (χ1) is 49.0. The van der Waals surface area contributed by atoms with Crippen molar-refractivity contribution in [1.82, 2.24) is 0 Å². The van der Waals surface area contributed by atoms with E-state index in [0.29, 0.717) is 61.2 Å². The second-order valence-electron chi connectivity index (χ2n) is 18.2. The molecule has 0 aliphatic rings. The fourth-order valence-corrected chi connectivity index (χ4v) is 6.46. The number of carboxylic acid groups (broad SMARTS) is 3. The third-order valence-corrected chi connectivity index (χ3v) is 11.4. The summed E-state index contributed by atoms with van der Waals surface area (Å²) in [6.07, 6.45) is 0. The van der Waals surface area contributed by atoms with Gasteiger partial charge in [0.2, 0.25) is 0 Å². The van der Waals surface area contributed by atoms with Gasteiger partial charge in [-0.2, -0.15) is 0 Å². The first-order valence-electron chi connectivity index (χ1n) is 29.1. The largest absolute Gasteiger partial charge is 1.00 e. The molecule has 0 saturated carbocycles. The zero-order valence-electron chi connectivity index (χ0n) is 61.5. The summed E-state index contributed by atoms with van der Waals surface area (Å²) >= 11 is 17.2. The van der Waals surface area contributed by atoms with Gasteiger partial charge in [0.05, 0.1) is 70.0 Å². The molecule has 0 saturated heterocycles. The Morgan fingerprint density at radius 3 is 0.632 bits per heavy atom. The molecule has 6 rings (SSSR count). The molecule has 0 atom stereocenters. The quantitative estimate of drug-likeness (QED) is 0.0312. The van der Waals surface area contributed by atoms with Crippen molar-refractivity contribution in [3.63, 3.8) is 0 Å². The number of aliphatic hydroxyl groups excluding tert-OH is 2. The van der Waals surface area contributed by atoms with Crippen molar-refractivity contribution in [2.45, 2.75) is 62.3 Å². The average Bonchev–Trinajstić information content (AvgIpc) is 0.895. The van der Waals surface area contributed by atoms with Crippen LogP contribution in [0.4, 0.5) is 0 Å².